The molecule has 0 aromatic carbocycles. The summed E-state index contributed by atoms with van der Waals surface area (Å²) in [7, 11) is 0. The van der Waals surface area contributed by atoms with Gasteiger partial charge in [0.05, 0.1) is 46.1 Å². The van der Waals surface area contributed by atoms with Crippen LogP contribution < -0.4 is 5.32 Å². The van der Waals surface area contributed by atoms with Gasteiger partial charge in [0.25, 0.3) is 5.91 Å². The molecule has 0 saturated carbocycles. The van der Waals surface area contributed by atoms with Crippen molar-refractivity contribution in [2.45, 2.75) is 41.0 Å². The van der Waals surface area contributed by atoms with Crippen molar-refractivity contribution in [2.75, 3.05) is 46.2 Å². The van der Waals surface area contributed by atoms with E-state index in [4.69, 9.17) is 19.3 Å². The van der Waals surface area contributed by atoms with E-state index in [9.17, 15) is 9.59 Å². The van der Waals surface area contributed by atoms with Crippen LogP contribution in [-0.4, -0.2) is 63.2 Å². The van der Waals surface area contributed by atoms with Gasteiger partial charge in [-0.15, -0.1) is 0 Å². The zero-order chi connectivity index (χ0) is 23.0. The van der Waals surface area contributed by atoms with Gasteiger partial charge in [0.1, 0.15) is 0 Å². The SMILES string of the molecule is C=C/C=C(\C=C/C)C(=O)NCC(C)(C)COCC(C)(C)COCCOCCC(=O)O. The largest absolute Gasteiger partial charge is 0.481 e. The highest BCUT2D eigenvalue weighted by Crippen LogP contribution is 2.20. The van der Waals surface area contributed by atoms with Crippen LogP contribution in [0, 0.1) is 10.8 Å². The zero-order valence-corrected chi connectivity index (χ0v) is 19.2. The van der Waals surface area contributed by atoms with Crippen LogP contribution in [0.5, 0.6) is 0 Å². The first-order chi connectivity index (χ1) is 14.0. The maximum atomic E-state index is 12.3. The highest BCUT2D eigenvalue weighted by molar-refractivity contribution is 5.96. The van der Waals surface area contributed by atoms with E-state index in [1.54, 1.807) is 18.2 Å². The molecule has 7 nitrogen and oxygen atoms in total. The average molecular weight is 426 g/mol. The van der Waals surface area contributed by atoms with E-state index in [-0.39, 0.29) is 29.8 Å². The molecule has 0 spiro atoms. The number of rotatable bonds is 17. The minimum absolute atomic E-state index is 0.00324. The summed E-state index contributed by atoms with van der Waals surface area (Å²) < 4.78 is 16.7. The van der Waals surface area contributed by atoms with Gasteiger partial charge in [0, 0.05) is 22.9 Å². The summed E-state index contributed by atoms with van der Waals surface area (Å²) in [5, 5.41) is 11.5. The van der Waals surface area contributed by atoms with E-state index < -0.39 is 5.97 Å². The van der Waals surface area contributed by atoms with Crippen molar-refractivity contribution in [3.63, 3.8) is 0 Å². The Morgan fingerprint density at radius 3 is 2.17 bits per heavy atom. The minimum Gasteiger partial charge on any atom is -0.481 e. The van der Waals surface area contributed by atoms with Gasteiger partial charge < -0.3 is 24.6 Å². The Labute approximate surface area is 181 Å². The van der Waals surface area contributed by atoms with Gasteiger partial charge in [-0.25, -0.2) is 0 Å². The number of aliphatic carboxylic acids is 1. The summed E-state index contributed by atoms with van der Waals surface area (Å²) in [6.45, 7) is 16.7. The van der Waals surface area contributed by atoms with Crippen molar-refractivity contribution in [1.82, 2.24) is 5.32 Å². The number of carboxylic acids is 1. The fourth-order valence-corrected chi connectivity index (χ4v) is 2.36. The van der Waals surface area contributed by atoms with Gasteiger partial charge in [0.2, 0.25) is 0 Å². The monoisotopic (exact) mass is 425 g/mol. The van der Waals surface area contributed by atoms with Gasteiger partial charge in [-0.1, -0.05) is 58.6 Å². The van der Waals surface area contributed by atoms with Crippen LogP contribution in [0.3, 0.4) is 0 Å². The Morgan fingerprint density at radius 2 is 1.57 bits per heavy atom. The van der Waals surface area contributed by atoms with Crippen molar-refractivity contribution < 1.29 is 28.9 Å². The van der Waals surface area contributed by atoms with Crippen LogP contribution in [0.1, 0.15) is 41.0 Å². The van der Waals surface area contributed by atoms with E-state index in [1.165, 1.54) is 0 Å². The second-order valence-corrected chi connectivity index (χ2v) is 8.67. The summed E-state index contributed by atoms with van der Waals surface area (Å²) in [6, 6.07) is 0. The molecule has 0 heterocycles. The molecule has 0 radical (unpaired) electrons. The number of hydrogen-bond donors (Lipinski definition) is 2. The van der Waals surface area contributed by atoms with Crippen molar-refractivity contribution in [3.05, 3.63) is 36.5 Å². The summed E-state index contributed by atoms with van der Waals surface area (Å²) in [5.74, 6) is -1.01. The molecule has 30 heavy (non-hydrogen) atoms. The second kappa shape index (κ2) is 14.9. The van der Waals surface area contributed by atoms with Crippen molar-refractivity contribution in [1.29, 1.82) is 0 Å². The summed E-state index contributed by atoms with van der Waals surface area (Å²) in [4.78, 5) is 22.7. The van der Waals surface area contributed by atoms with E-state index in [1.807, 2.05) is 26.8 Å². The van der Waals surface area contributed by atoms with Gasteiger partial charge in [0.15, 0.2) is 0 Å². The summed E-state index contributed by atoms with van der Waals surface area (Å²) in [5.41, 5.74) is 0.167. The van der Waals surface area contributed by atoms with Gasteiger partial charge in [-0.05, 0) is 6.92 Å². The smallest absolute Gasteiger partial charge is 0.305 e. The Balaban J connectivity index is 4.16. The predicted octanol–water partition coefficient (Wildman–Crippen LogP) is 3.37. The highest BCUT2D eigenvalue weighted by atomic mass is 16.5. The molecule has 0 aromatic heterocycles. The maximum absolute atomic E-state index is 12.3. The number of carbonyl (C=O) groups excluding carboxylic acids is 1. The lowest BCUT2D eigenvalue weighted by Crippen LogP contribution is -2.38. The molecule has 0 unspecified atom stereocenters. The molecule has 0 aromatic rings. The molecule has 0 fully saturated rings. The van der Waals surface area contributed by atoms with E-state index >= 15 is 0 Å². The zero-order valence-electron chi connectivity index (χ0n) is 19.2. The maximum Gasteiger partial charge on any atom is 0.305 e. The molecule has 0 aliphatic heterocycles. The summed E-state index contributed by atoms with van der Waals surface area (Å²) >= 11 is 0. The van der Waals surface area contributed by atoms with Crippen LogP contribution in [0.4, 0.5) is 0 Å². The van der Waals surface area contributed by atoms with Crippen LogP contribution in [0.15, 0.2) is 36.5 Å². The number of amides is 1. The molecule has 0 aliphatic rings. The molecule has 0 atom stereocenters. The Hall–Kier alpha value is -1.96. The topological polar surface area (TPSA) is 94.1 Å². The van der Waals surface area contributed by atoms with Gasteiger partial charge in [-0.3, -0.25) is 9.59 Å². The minimum atomic E-state index is -0.872. The molecule has 172 valence electrons. The highest BCUT2D eigenvalue weighted by Gasteiger charge is 2.23. The average Bonchev–Trinajstić information content (AvgIpc) is 2.64. The first-order valence-corrected chi connectivity index (χ1v) is 10.2. The quantitative estimate of drug-likeness (QED) is 0.211. The number of carbonyl (C=O) groups is 2. The predicted molar refractivity (Wildman–Crippen MR) is 118 cm³/mol. The van der Waals surface area contributed by atoms with E-state index in [0.29, 0.717) is 45.2 Å². The molecule has 2 N–H and O–H groups in total. The number of nitrogens with one attached hydrogen (secondary N) is 1. The third kappa shape index (κ3) is 15.0. The molecule has 1 amide bonds. The molecule has 0 rings (SSSR count). The normalized spacial score (nSPS) is 12.9. The Bertz CT molecular complexity index is 593. The van der Waals surface area contributed by atoms with E-state index in [0.717, 1.165) is 0 Å². The molecule has 0 bridgehead atoms. The number of allylic oxidation sites excluding steroid dienone is 3. The van der Waals surface area contributed by atoms with Crippen molar-refractivity contribution in [2.24, 2.45) is 10.8 Å². The Morgan fingerprint density at radius 1 is 0.967 bits per heavy atom. The van der Waals surface area contributed by atoms with Gasteiger partial charge in [-0.2, -0.15) is 0 Å². The molecular formula is C23H39NO6. The molecule has 0 aliphatic carbocycles. The number of carboxylic acid groups (broad SMARTS) is 1. The fourth-order valence-electron chi connectivity index (χ4n) is 2.36. The first kappa shape index (κ1) is 28.0. The fraction of sp³-hybridized carbons (Fsp3) is 0.652. The third-order valence-electron chi connectivity index (χ3n) is 3.94. The molecule has 7 heteroatoms. The first-order valence-electron chi connectivity index (χ1n) is 10.2. The van der Waals surface area contributed by atoms with Crippen LogP contribution in [0.25, 0.3) is 0 Å². The lowest BCUT2D eigenvalue weighted by atomic mass is 9.93. The van der Waals surface area contributed by atoms with Crippen LogP contribution >= 0.6 is 0 Å². The third-order valence-corrected chi connectivity index (χ3v) is 3.94. The van der Waals surface area contributed by atoms with Gasteiger partial charge >= 0.3 is 5.97 Å². The number of ether oxygens (including phenoxy) is 3. The van der Waals surface area contributed by atoms with Crippen molar-refractivity contribution >= 4 is 11.9 Å². The molecule has 0 saturated heterocycles. The summed E-state index contributed by atoms with van der Waals surface area (Å²) in [6.07, 6.45) is 6.83. The number of hydrogen-bond acceptors (Lipinski definition) is 5. The second-order valence-electron chi connectivity index (χ2n) is 8.67. The van der Waals surface area contributed by atoms with E-state index in [2.05, 4.69) is 25.7 Å². The Kier molecular flexibility index (Phi) is 14.0. The van der Waals surface area contributed by atoms with Crippen LogP contribution in [-0.2, 0) is 23.8 Å². The van der Waals surface area contributed by atoms with Crippen molar-refractivity contribution in [3.8, 4) is 0 Å². The van der Waals surface area contributed by atoms with Crippen LogP contribution in [0.2, 0.25) is 0 Å². The molecular weight excluding hydrogens is 386 g/mol. The lowest BCUT2D eigenvalue weighted by Gasteiger charge is -2.29. The lowest BCUT2D eigenvalue weighted by molar-refractivity contribution is -0.138. The standard InChI is InChI=1S/C23H39NO6/c1-7-9-19(10-8-2)21(27)24-15-22(3,4)16-30-18-23(5,6)17-29-14-13-28-12-11-20(25)26/h7-10H,1,11-18H2,2-6H3,(H,24,27)(H,25,26)/b10-8-,19-9+.